The Hall–Kier alpha value is -1.31. The second-order valence-corrected chi connectivity index (χ2v) is 4.56. The van der Waals surface area contributed by atoms with Crippen LogP contribution in [-0.2, 0) is 11.2 Å². The van der Waals surface area contributed by atoms with Crippen molar-refractivity contribution >= 4 is 5.97 Å². The van der Waals surface area contributed by atoms with Crippen LogP contribution in [0.2, 0.25) is 0 Å². The normalized spacial score (nSPS) is 23.9. The Morgan fingerprint density at radius 2 is 2.13 bits per heavy atom. The van der Waals surface area contributed by atoms with Crippen LogP contribution in [0, 0.1) is 25.7 Å². The van der Waals surface area contributed by atoms with Crippen molar-refractivity contribution in [3.63, 3.8) is 0 Å². The van der Waals surface area contributed by atoms with E-state index >= 15 is 0 Å². The Morgan fingerprint density at radius 1 is 1.40 bits per heavy atom. The second-order valence-electron chi connectivity index (χ2n) is 4.56. The van der Waals surface area contributed by atoms with E-state index in [0.717, 1.165) is 12.8 Å². The summed E-state index contributed by atoms with van der Waals surface area (Å²) in [6.07, 6.45) is 1.76. The molecule has 0 unspecified atom stereocenters. The van der Waals surface area contributed by atoms with Gasteiger partial charge in [-0.25, -0.2) is 0 Å². The summed E-state index contributed by atoms with van der Waals surface area (Å²) in [4.78, 5) is 10.7. The van der Waals surface area contributed by atoms with Crippen LogP contribution in [0.25, 0.3) is 0 Å². The van der Waals surface area contributed by atoms with Crippen LogP contribution in [0.4, 0.5) is 0 Å². The molecule has 0 amide bonds. The molecule has 2 heteroatoms. The molecular formula is C13H16O2. The Kier molecular flexibility index (Phi) is 2.51. The van der Waals surface area contributed by atoms with Crippen molar-refractivity contribution < 1.29 is 9.90 Å². The van der Waals surface area contributed by atoms with Gasteiger partial charge in [-0.1, -0.05) is 18.2 Å². The third kappa shape index (κ3) is 2.20. The van der Waals surface area contributed by atoms with Crippen LogP contribution in [0.3, 0.4) is 0 Å². The molecule has 15 heavy (non-hydrogen) atoms. The average Bonchev–Trinajstić information content (AvgIpc) is 2.91. The topological polar surface area (TPSA) is 37.3 Å². The minimum Gasteiger partial charge on any atom is -0.481 e. The number of aliphatic carboxylic acids is 1. The van der Waals surface area contributed by atoms with Gasteiger partial charge in [0, 0.05) is 0 Å². The van der Waals surface area contributed by atoms with Crippen LogP contribution < -0.4 is 0 Å². The molecule has 0 saturated heterocycles. The van der Waals surface area contributed by atoms with E-state index < -0.39 is 5.97 Å². The van der Waals surface area contributed by atoms with E-state index in [1.807, 2.05) is 0 Å². The lowest BCUT2D eigenvalue weighted by Gasteiger charge is -2.04. The first kappa shape index (κ1) is 10.2. The van der Waals surface area contributed by atoms with Gasteiger partial charge in [-0.2, -0.15) is 0 Å². The standard InChI is InChI=1S/C13H16O2/c1-8-3-4-10(5-9(8)2)6-11-7-12(11)13(14)15/h3-5,11-12H,6-7H2,1-2H3,(H,14,15)/t11-,12-/m0/s1. The largest absolute Gasteiger partial charge is 0.481 e. The third-order valence-electron chi connectivity index (χ3n) is 3.31. The van der Waals surface area contributed by atoms with E-state index in [0.29, 0.717) is 5.92 Å². The second kappa shape index (κ2) is 3.69. The maximum absolute atomic E-state index is 10.7. The zero-order valence-corrected chi connectivity index (χ0v) is 9.16. The highest BCUT2D eigenvalue weighted by Crippen LogP contribution is 2.41. The van der Waals surface area contributed by atoms with Crippen molar-refractivity contribution in [2.24, 2.45) is 11.8 Å². The molecule has 0 aromatic heterocycles. The lowest BCUT2D eigenvalue weighted by Crippen LogP contribution is -2.01. The van der Waals surface area contributed by atoms with Gasteiger partial charge in [0.15, 0.2) is 0 Å². The summed E-state index contributed by atoms with van der Waals surface area (Å²) in [6.45, 7) is 4.19. The van der Waals surface area contributed by atoms with Crippen molar-refractivity contribution in [2.45, 2.75) is 26.7 Å². The van der Waals surface area contributed by atoms with Crippen LogP contribution in [0.15, 0.2) is 18.2 Å². The number of hydrogen-bond acceptors (Lipinski definition) is 1. The van der Waals surface area contributed by atoms with Gasteiger partial charge < -0.3 is 5.11 Å². The van der Waals surface area contributed by atoms with Gasteiger partial charge in [0.25, 0.3) is 0 Å². The quantitative estimate of drug-likeness (QED) is 0.821. The number of carboxylic acids is 1. The molecule has 0 radical (unpaired) electrons. The van der Waals surface area contributed by atoms with Crippen molar-refractivity contribution in [3.8, 4) is 0 Å². The fourth-order valence-electron chi connectivity index (χ4n) is 2.01. The molecule has 2 rings (SSSR count). The number of carboxylic acid groups (broad SMARTS) is 1. The van der Waals surface area contributed by atoms with Crippen molar-refractivity contribution in [1.29, 1.82) is 0 Å². The van der Waals surface area contributed by atoms with E-state index in [2.05, 4.69) is 32.0 Å². The molecule has 0 aliphatic heterocycles. The zero-order chi connectivity index (χ0) is 11.0. The van der Waals surface area contributed by atoms with Crippen LogP contribution in [-0.4, -0.2) is 11.1 Å². The summed E-state index contributed by atoms with van der Waals surface area (Å²) in [5, 5.41) is 8.80. The summed E-state index contributed by atoms with van der Waals surface area (Å²) >= 11 is 0. The maximum Gasteiger partial charge on any atom is 0.306 e. The zero-order valence-electron chi connectivity index (χ0n) is 9.16. The number of rotatable bonds is 3. The molecule has 1 aliphatic carbocycles. The lowest BCUT2D eigenvalue weighted by atomic mass is 10.0. The van der Waals surface area contributed by atoms with Gasteiger partial charge in [0.2, 0.25) is 0 Å². The number of aryl methyl sites for hydroxylation is 2. The van der Waals surface area contributed by atoms with E-state index in [-0.39, 0.29) is 5.92 Å². The Morgan fingerprint density at radius 3 is 2.67 bits per heavy atom. The van der Waals surface area contributed by atoms with E-state index in [1.165, 1.54) is 16.7 Å². The molecule has 1 aromatic rings. The molecule has 2 atom stereocenters. The van der Waals surface area contributed by atoms with Gasteiger partial charge in [-0.15, -0.1) is 0 Å². The highest BCUT2D eigenvalue weighted by atomic mass is 16.4. The van der Waals surface area contributed by atoms with Gasteiger partial charge in [0.1, 0.15) is 0 Å². The van der Waals surface area contributed by atoms with E-state index in [9.17, 15) is 4.79 Å². The first-order valence-electron chi connectivity index (χ1n) is 5.37. The Balaban J connectivity index is 2.01. The van der Waals surface area contributed by atoms with Gasteiger partial charge in [0.05, 0.1) is 5.92 Å². The molecule has 1 saturated carbocycles. The smallest absolute Gasteiger partial charge is 0.306 e. The summed E-state index contributed by atoms with van der Waals surface area (Å²) in [5.41, 5.74) is 3.86. The maximum atomic E-state index is 10.7. The first-order valence-corrected chi connectivity index (χ1v) is 5.37. The molecular weight excluding hydrogens is 188 g/mol. The SMILES string of the molecule is Cc1ccc(C[C@H]2C[C@@H]2C(=O)O)cc1C. The van der Waals surface area contributed by atoms with Crippen molar-refractivity contribution in [1.82, 2.24) is 0 Å². The van der Waals surface area contributed by atoms with Crippen LogP contribution in [0.1, 0.15) is 23.1 Å². The Bertz CT molecular complexity index is 396. The van der Waals surface area contributed by atoms with Crippen molar-refractivity contribution in [2.75, 3.05) is 0 Å². The van der Waals surface area contributed by atoms with Crippen LogP contribution >= 0.6 is 0 Å². The lowest BCUT2D eigenvalue weighted by molar-refractivity contribution is -0.138. The van der Waals surface area contributed by atoms with E-state index in [1.54, 1.807) is 0 Å². The van der Waals surface area contributed by atoms with Crippen molar-refractivity contribution in [3.05, 3.63) is 34.9 Å². The van der Waals surface area contributed by atoms with Gasteiger partial charge in [-0.3, -0.25) is 4.79 Å². The fourth-order valence-corrected chi connectivity index (χ4v) is 2.01. The van der Waals surface area contributed by atoms with Gasteiger partial charge in [-0.05, 0) is 49.3 Å². The summed E-state index contributed by atoms with van der Waals surface area (Å²) < 4.78 is 0. The minimum absolute atomic E-state index is 0.0911. The molecule has 0 bridgehead atoms. The number of hydrogen-bond donors (Lipinski definition) is 1. The first-order chi connectivity index (χ1) is 7.08. The highest BCUT2D eigenvalue weighted by molar-refractivity contribution is 5.73. The molecule has 1 fully saturated rings. The average molecular weight is 204 g/mol. The predicted molar refractivity (Wildman–Crippen MR) is 58.9 cm³/mol. The number of carbonyl (C=O) groups is 1. The number of benzene rings is 1. The monoisotopic (exact) mass is 204 g/mol. The molecule has 2 nitrogen and oxygen atoms in total. The van der Waals surface area contributed by atoms with Gasteiger partial charge >= 0.3 is 5.97 Å². The molecule has 1 aliphatic rings. The molecule has 1 aromatic carbocycles. The molecule has 0 heterocycles. The van der Waals surface area contributed by atoms with Crippen LogP contribution in [0.5, 0.6) is 0 Å². The molecule has 0 spiro atoms. The predicted octanol–water partition coefficient (Wildman–Crippen LogP) is 2.57. The van der Waals surface area contributed by atoms with E-state index in [4.69, 9.17) is 5.11 Å². The summed E-state index contributed by atoms with van der Waals surface area (Å²) in [6, 6.07) is 6.40. The Labute approximate surface area is 89.9 Å². The molecule has 1 N–H and O–H groups in total. The highest BCUT2D eigenvalue weighted by Gasteiger charge is 2.42. The fraction of sp³-hybridized carbons (Fsp3) is 0.462. The summed E-state index contributed by atoms with van der Waals surface area (Å²) in [7, 11) is 0. The summed E-state index contributed by atoms with van der Waals surface area (Å²) in [5.74, 6) is -0.361. The molecule has 80 valence electrons. The third-order valence-corrected chi connectivity index (χ3v) is 3.31. The minimum atomic E-state index is -0.635.